The van der Waals surface area contributed by atoms with Crippen LogP contribution in [0.5, 0.6) is 0 Å². The van der Waals surface area contributed by atoms with Crippen molar-refractivity contribution in [3.63, 3.8) is 0 Å². The molecule has 4 nitrogen and oxygen atoms in total. The Balaban J connectivity index is 2.23. The summed E-state index contributed by atoms with van der Waals surface area (Å²) in [6.07, 6.45) is 4.55. The molecule has 0 aromatic carbocycles. The minimum atomic E-state index is -0.740. The third-order valence-electron chi connectivity index (χ3n) is 2.68. The Morgan fingerprint density at radius 1 is 1.47 bits per heavy atom. The van der Waals surface area contributed by atoms with Crippen molar-refractivity contribution in [2.45, 2.75) is 31.7 Å². The van der Waals surface area contributed by atoms with Crippen molar-refractivity contribution < 1.29 is 14.7 Å². The van der Waals surface area contributed by atoms with E-state index < -0.39 is 5.97 Å². The van der Waals surface area contributed by atoms with Crippen LogP contribution in [0, 0.1) is 5.92 Å². The third kappa shape index (κ3) is 4.11. The lowest BCUT2D eigenvalue weighted by molar-refractivity contribution is -0.141. The summed E-state index contributed by atoms with van der Waals surface area (Å²) in [4.78, 5) is 22.1. The van der Waals surface area contributed by atoms with Gasteiger partial charge in [0, 0.05) is 18.2 Å². The number of hydrogen-bond donors (Lipinski definition) is 2. The highest BCUT2D eigenvalue weighted by Crippen LogP contribution is 2.25. The summed E-state index contributed by atoms with van der Waals surface area (Å²) in [5, 5.41) is 11.7. The summed E-state index contributed by atoms with van der Waals surface area (Å²) >= 11 is 1.64. The van der Waals surface area contributed by atoms with Crippen LogP contribution in [0.4, 0.5) is 0 Å². The zero-order chi connectivity index (χ0) is 11.3. The van der Waals surface area contributed by atoms with Crippen LogP contribution in [0.25, 0.3) is 0 Å². The molecule has 0 heterocycles. The molecule has 1 saturated carbocycles. The molecule has 2 N–H and O–H groups in total. The summed E-state index contributed by atoms with van der Waals surface area (Å²) in [6, 6.07) is 0.0699. The van der Waals surface area contributed by atoms with E-state index in [-0.39, 0.29) is 17.9 Å². The molecule has 0 saturated heterocycles. The zero-order valence-corrected chi connectivity index (χ0v) is 9.68. The maximum absolute atomic E-state index is 11.4. The van der Waals surface area contributed by atoms with Gasteiger partial charge in [0.1, 0.15) is 0 Å². The number of aliphatic carboxylic acids is 1. The average molecular weight is 231 g/mol. The normalized spacial score (nSPS) is 25.1. The lowest BCUT2D eigenvalue weighted by atomic mass is 10.1. The number of rotatable bonds is 5. The molecule has 0 spiro atoms. The lowest BCUT2D eigenvalue weighted by Crippen LogP contribution is -2.33. The predicted octanol–water partition coefficient (Wildman–Crippen LogP) is 1.11. The molecule has 0 aromatic heterocycles. The Kier molecular flexibility index (Phi) is 4.94. The van der Waals surface area contributed by atoms with E-state index in [1.165, 1.54) is 0 Å². The first-order chi connectivity index (χ1) is 7.13. The van der Waals surface area contributed by atoms with Gasteiger partial charge in [-0.05, 0) is 25.5 Å². The fraction of sp³-hybridized carbons (Fsp3) is 0.800. The van der Waals surface area contributed by atoms with Gasteiger partial charge in [0.15, 0.2) is 0 Å². The largest absolute Gasteiger partial charge is 0.481 e. The van der Waals surface area contributed by atoms with Crippen LogP contribution in [0.2, 0.25) is 0 Å². The van der Waals surface area contributed by atoms with Crippen LogP contribution in [0.15, 0.2) is 0 Å². The van der Waals surface area contributed by atoms with Gasteiger partial charge in [-0.1, -0.05) is 0 Å². The van der Waals surface area contributed by atoms with E-state index in [2.05, 4.69) is 5.32 Å². The Labute approximate surface area is 93.8 Å². The topological polar surface area (TPSA) is 66.4 Å². The first-order valence-corrected chi connectivity index (χ1v) is 6.54. The number of carbonyl (C=O) groups excluding carboxylic acids is 1. The van der Waals surface area contributed by atoms with Crippen molar-refractivity contribution in [2.24, 2.45) is 5.92 Å². The maximum atomic E-state index is 11.4. The van der Waals surface area contributed by atoms with E-state index in [0.717, 1.165) is 12.2 Å². The molecule has 2 atom stereocenters. The first-order valence-electron chi connectivity index (χ1n) is 5.14. The van der Waals surface area contributed by atoms with Gasteiger partial charge in [0.2, 0.25) is 5.91 Å². The molecule has 0 unspecified atom stereocenters. The molecule has 86 valence electrons. The van der Waals surface area contributed by atoms with Crippen LogP contribution in [0.3, 0.4) is 0 Å². The van der Waals surface area contributed by atoms with Gasteiger partial charge < -0.3 is 10.4 Å². The quantitative estimate of drug-likeness (QED) is 0.744. The minimum absolute atomic E-state index is 0.0420. The van der Waals surface area contributed by atoms with Gasteiger partial charge in [-0.25, -0.2) is 0 Å². The maximum Gasteiger partial charge on any atom is 0.306 e. The van der Waals surface area contributed by atoms with Crippen LogP contribution in [0.1, 0.15) is 25.7 Å². The molecule has 15 heavy (non-hydrogen) atoms. The van der Waals surface area contributed by atoms with Gasteiger partial charge >= 0.3 is 5.97 Å². The van der Waals surface area contributed by atoms with Gasteiger partial charge in [0.05, 0.1) is 5.92 Å². The molecule has 0 bridgehead atoms. The van der Waals surface area contributed by atoms with Crippen molar-refractivity contribution in [3.8, 4) is 0 Å². The molecule has 1 rings (SSSR count). The fourth-order valence-corrected chi connectivity index (χ4v) is 2.22. The van der Waals surface area contributed by atoms with E-state index in [9.17, 15) is 9.59 Å². The van der Waals surface area contributed by atoms with Crippen molar-refractivity contribution in [2.75, 3.05) is 12.0 Å². The monoisotopic (exact) mass is 231 g/mol. The summed E-state index contributed by atoms with van der Waals surface area (Å²) in [5.74, 6) is -0.145. The second kappa shape index (κ2) is 6.00. The molecule has 0 aliphatic heterocycles. The minimum Gasteiger partial charge on any atom is -0.481 e. The Morgan fingerprint density at radius 2 is 2.20 bits per heavy atom. The highest BCUT2D eigenvalue weighted by molar-refractivity contribution is 7.98. The number of thioether (sulfide) groups is 1. The summed E-state index contributed by atoms with van der Waals surface area (Å²) in [7, 11) is 0. The van der Waals surface area contributed by atoms with E-state index in [1.54, 1.807) is 11.8 Å². The second-order valence-electron chi connectivity index (χ2n) is 3.86. The zero-order valence-electron chi connectivity index (χ0n) is 8.86. The highest BCUT2D eigenvalue weighted by atomic mass is 32.2. The number of nitrogens with one attached hydrogen (secondary N) is 1. The molecule has 1 aliphatic carbocycles. The summed E-state index contributed by atoms with van der Waals surface area (Å²) in [6.45, 7) is 0. The number of carboxylic acids is 1. The van der Waals surface area contributed by atoms with Gasteiger partial charge in [-0.15, -0.1) is 0 Å². The third-order valence-corrected chi connectivity index (χ3v) is 3.29. The molecular formula is C10H17NO3S. The molecule has 1 aliphatic rings. The van der Waals surface area contributed by atoms with Gasteiger partial charge in [0.25, 0.3) is 0 Å². The van der Waals surface area contributed by atoms with Crippen molar-refractivity contribution >= 4 is 23.6 Å². The smallest absolute Gasteiger partial charge is 0.306 e. The standard InChI is InChI=1S/C10H17NO3S/c1-15-5-4-9(12)11-8-3-2-7(6-8)10(13)14/h7-8H,2-6H2,1H3,(H,11,12)(H,13,14)/t7-,8+/m1/s1. The SMILES string of the molecule is CSCCC(=O)N[C@H]1CC[C@@H](C(=O)O)C1. The number of carbonyl (C=O) groups is 2. The highest BCUT2D eigenvalue weighted by Gasteiger charge is 2.30. The van der Waals surface area contributed by atoms with Gasteiger partial charge in [-0.3, -0.25) is 9.59 Å². The van der Waals surface area contributed by atoms with Crippen molar-refractivity contribution in [1.82, 2.24) is 5.32 Å². The second-order valence-corrected chi connectivity index (χ2v) is 4.84. The van der Waals surface area contributed by atoms with Crippen LogP contribution in [-0.4, -0.2) is 35.0 Å². The van der Waals surface area contributed by atoms with E-state index in [4.69, 9.17) is 5.11 Å². The molecule has 0 aromatic rings. The molecule has 1 amide bonds. The molecular weight excluding hydrogens is 214 g/mol. The first kappa shape index (κ1) is 12.4. The van der Waals surface area contributed by atoms with E-state index >= 15 is 0 Å². The van der Waals surface area contributed by atoms with Crippen molar-refractivity contribution in [3.05, 3.63) is 0 Å². The molecule has 5 heteroatoms. The molecule has 1 fully saturated rings. The average Bonchev–Trinajstić information content (AvgIpc) is 2.63. The Hall–Kier alpha value is -0.710. The lowest BCUT2D eigenvalue weighted by Gasteiger charge is -2.11. The Bertz CT molecular complexity index is 245. The van der Waals surface area contributed by atoms with Crippen molar-refractivity contribution in [1.29, 1.82) is 0 Å². The van der Waals surface area contributed by atoms with E-state index in [0.29, 0.717) is 19.3 Å². The predicted molar refractivity (Wildman–Crippen MR) is 59.9 cm³/mol. The van der Waals surface area contributed by atoms with E-state index in [1.807, 2.05) is 6.26 Å². The summed E-state index contributed by atoms with van der Waals surface area (Å²) in [5.41, 5.74) is 0. The van der Waals surface area contributed by atoms with Crippen LogP contribution >= 0.6 is 11.8 Å². The van der Waals surface area contributed by atoms with Crippen LogP contribution in [-0.2, 0) is 9.59 Å². The summed E-state index contributed by atoms with van der Waals surface area (Å²) < 4.78 is 0. The van der Waals surface area contributed by atoms with Crippen LogP contribution < -0.4 is 5.32 Å². The number of hydrogen-bond acceptors (Lipinski definition) is 3. The Morgan fingerprint density at radius 3 is 2.73 bits per heavy atom. The van der Waals surface area contributed by atoms with Gasteiger partial charge in [-0.2, -0.15) is 11.8 Å². The number of carboxylic acid groups (broad SMARTS) is 1. The fourth-order valence-electron chi connectivity index (χ4n) is 1.83. The molecule has 0 radical (unpaired) electrons. The number of amides is 1.